The second-order valence-electron chi connectivity index (χ2n) is 6.59. The number of aliphatic carboxylic acids is 1. The summed E-state index contributed by atoms with van der Waals surface area (Å²) in [6.45, 7) is 2.93. The van der Waals surface area contributed by atoms with Crippen molar-refractivity contribution in [1.82, 2.24) is 9.80 Å². The lowest BCUT2D eigenvalue weighted by Gasteiger charge is -2.45. The summed E-state index contributed by atoms with van der Waals surface area (Å²) in [5, 5.41) is 9.27. The number of rotatable bonds is 4. The third-order valence-corrected chi connectivity index (χ3v) is 5.36. The van der Waals surface area contributed by atoms with E-state index in [4.69, 9.17) is 0 Å². The summed E-state index contributed by atoms with van der Waals surface area (Å²) in [5.74, 6) is -0.801. The Hall–Kier alpha value is -1.26. The van der Waals surface area contributed by atoms with E-state index in [0.717, 1.165) is 57.9 Å². The van der Waals surface area contributed by atoms with E-state index in [2.05, 4.69) is 6.92 Å². The van der Waals surface area contributed by atoms with Crippen molar-refractivity contribution in [1.29, 1.82) is 0 Å². The molecule has 21 heavy (non-hydrogen) atoms. The van der Waals surface area contributed by atoms with Gasteiger partial charge in [-0.25, -0.2) is 4.79 Å². The quantitative estimate of drug-likeness (QED) is 0.867. The Bertz CT molecular complexity index is 391. The van der Waals surface area contributed by atoms with Gasteiger partial charge in [0.25, 0.3) is 0 Å². The van der Waals surface area contributed by atoms with Crippen LogP contribution in [0, 0.1) is 0 Å². The molecule has 0 aromatic rings. The Morgan fingerprint density at radius 2 is 1.90 bits per heavy atom. The summed E-state index contributed by atoms with van der Waals surface area (Å²) in [4.78, 5) is 27.9. The Morgan fingerprint density at radius 1 is 1.24 bits per heavy atom. The summed E-state index contributed by atoms with van der Waals surface area (Å²) < 4.78 is 0. The minimum absolute atomic E-state index is 0.0301. The highest BCUT2D eigenvalue weighted by Gasteiger charge is 2.43. The Labute approximate surface area is 127 Å². The molecule has 0 aromatic carbocycles. The van der Waals surface area contributed by atoms with Gasteiger partial charge in [0.05, 0.1) is 12.0 Å². The third kappa shape index (κ3) is 3.33. The predicted molar refractivity (Wildman–Crippen MR) is 81.2 cm³/mol. The van der Waals surface area contributed by atoms with Crippen LogP contribution in [0.2, 0.25) is 0 Å². The minimum atomic E-state index is -0.801. The molecule has 1 saturated carbocycles. The average Bonchev–Trinajstić information content (AvgIpc) is 2.94. The van der Waals surface area contributed by atoms with E-state index in [1.807, 2.05) is 11.9 Å². The highest BCUT2D eigenvalue weighted by Crippen LogP contribution is 2.37. The summed E-state index contributed by atoms with van der Waals surface area (Å²) in [7, 11) is 1.81. The molecule has 2 aliphatic rings. The lowest BCUT2D eigenvalue weighted by Crippen LogP contribution is -2.56. The molecule has 5 nitrogen and oxygen atoms in total. The number of carbonyl (C=O) groups excluding carboxylic acids is 1. The molecule has 1 atom stereocenters. The first-order valence-electron chi connectivity index (χ1n) is 8.26. The van der Waals surface area contributed by atoms with Crippen LogP contribution in [0.3, 0.4) is 0 Å². The average molecular weight is 296 g/mol. The van der Waals surface area contributed by atoms with Crippen LogP contribution in [0.15, 0.2) is 0 Å². The van der Waals surface area contributed by atoms with E-state index in [0.29, 0.717) is 6.04 Å². The lowest BCUT2D eigenvalue weighted by atomic mass is 9.78. The Kier molecular flexibility index (Phi) is 5.12. The van der Waals surface area contributed by atoms with Crippen LogP contribution in [-0.2, 0) is 4.79 Å². The van der Waals surface area contributed by atoms with Gasteiger partial charge in [0.2, 0.25) is 0 Å². The van der Waals surface area contributed by atoms with E-state index < -0.39 is 11.5 Å². The molecule has 1 saturated heterocycles. The fourth-order valence-electron chi connectivity index (χ4n) is 4.03. The molecule has 2 amide bonds. The number of carboxylic acids is 1. The van der Waals surface area contributed by atoms with Gasteiger partial charge < -0.3 is 14.9 Å². The fraction of sp³-hybridized carbons (Fsp3) is 0.875. The zero-order valence-corrected chi connectivity index (χ0v) is 13.3. The standard InChI is InChI=1S/C16H28N2O3/c1-3-13-8-7-11-18(13)15(21)17(2)16(12-14(19)20)9-5-4-6-10-16/h13H,3-12H2,1-2H3,(H,19,20). The maximum Gasteiger partial charge on any atom is 0.320 e. The number of amides is 2. The monoisotopic (exact) mass is 296 g/mol. The molecule has 1 aliphatic carbocycles. The highest BCUT2D eigenvalue weighted by atomic mass is 16.4. The van der Waals surface area contributed by atoms with Gasteiger partial charge in [-0.3, -0.25) is 4.79 Å². The number of hydrogen-bond acceptors (Lipinski definition) is 2. The van der Waals surface area contributed by atoms with Gasteiger partial charge >= 0.3 is 12.0 Å². The maximum absolute atomic E-state index is 12.9. The van der Waals surface area contributed by atoms with Crippen LogP contribution in [-0.4, -0.2) is 52.1 Å². The van der Waals surface area contributed by atoms with Crippen LogP contribution in [0.1, 0.15) is 64.7 Å². The van der Waals surface area contributed by atoms with Crippen molar-refractivity contribution < 1.29 is 14.7 Å². The van der Waals surface area contributed by atoms with Gasteiger partial charge in [-0.1, -0.05) is 26.2 Å². The number of hydrogen-bond donors (Lipinski definition) is 1. The highest BCUT2D eigenvalue weighted by molar-refractivity contribution is 5.77. The first-order chi connectivity index (χ1) is 10.00. The third-order valence-electron chi connectivity index (χ3n) is 5.36. The van der Waals surface area contributed by atoms with E-state index in [9.17, 15) is 14.7 Å². The fourth-order valence-corrected chi connectivity index (χ4v) is 4.03. The van der Waals surface area contributed by atoms with Crippen LogP contribution < -0.4 is 0 Å². The first kappa shape index (κ1) is 16.1. The van der Waals surface area contributed by atoms with Crippen molar-refractivity contribution in [2.45, 2.75) is 76.3 Å². The molecule has 0 spiro atoms. The largest absolute Gasteiger partial charge is 0.481 e. The van der Waals surface area contributed by atoms with Crippen LogP contribution in [0.4, 0.5) is 4.79 Å². The van der Waals surface area contributed by atoms with Gasteiger partial charge in [0.1, 0.15) is 0 Å². The van der Waals surface area contributed by atoms with E-state index in [1.54, 1.807) is 4.90 Å². The van der Waals surface area contributed by atoms with Crippen LogP contribution in [0.25, 0.3) is 0 Å². The second kappa shape index (κ2) is 6.67. The summed E-state index contributed by atoms with van der Waals surface area (Å²) in [5.41, 5.74) is -0.484. The normalized spacial score (nSPS) is 24.9. The SMILES string of the molecule is CCC1CCCN1C(=O)N(C)C1(CC(=O)O)CCCCC1. The molecule has 0 bridgehead atoms. The lowest BCUT2D eigenvalue weighted by molar-refractivity contribution is -0.140. The molecular formula is C16H28N2O3. The number of carbonyl (C=O) groups is 2. The Balaban J connectivity index is 2.15. The first-order valence-corrected chi connectivity index (χ1v) is 8.26. The molecule has 2 rings (SSSR count). The minimum Gasteiger partial charge on any atom is -0.481 e. The second-order valence-corrected chi connectivity index (χ2v) is 6.59. The maximum atomic E-state index is 12.9. The molecule has 120 valence electrons. The molecule has 0 radical (unpaired) electrons. The zero-order chi connectivity index (χ0) is 15.5. The predicted octanol–water partition coefficient (Wildman–Crippen LogP) is 3.09. The van der Waals surface area contributed by atoms with Gasteiger partial charge in [0, 0.05) is 19.6 Å². The van der Waals surface area contributed by atoms with Crippen molar-refractivity contribution in [2.24, 2.45) is 0 Å². The topological polar surface area (TPSA) is 60.9 Å². The molecule has 0 aromatic heterocycles. The molecule has 1 N–H and O–H groups in total. The number of urea groups is 1. The smallest absolute Gasteiger partial charge is 0.320 e. The van der Waals surface area contributed by atoms with Gasteiger partial charge in [-0.2, -0.15) is 0 Å². The van der Waals surface area contributed by atoms with Gasteiger partial charge in [-0.05, 0) is 32.1 Å². The molecule has 1 unspecified atom stereocenters. The molecule has 1 heterocycles. The molecule has 1 aliphatic heterocycles. The van der Waals surface area contributed by atoms with Crippen molar-refractivity contribution in [3.8, 4) is 0 Å². The number of carboxylic acid groups (broad SMARTS) is 1. The van der Waals surface area contributed by atoms with Crippen molar-refractivity contribution in [2.75, 3.05) is 13.6 Å². The van der Waals surface area contributed by atoms with Crippen LogP contribution >= 0.6 is 0 Å². The zero-order valence-electron chi connectivity index (χ0n) is 13.3. The van der Waals surface area contributed by atoms with Gasteiger partial charge in [0.15, 0.2) is 0 Å². The summed E-state index contributed by atoms with van der Waals surface area (Å²) >= 11 is 0. The van der Waals surface area contributed by atoms with E-state index >= 15 is 0 Å². The summed E-state index contributed by atoms with van der Waals surface area (Å²) in [6.07, 6.45) is 7.98. The summed E-state index contributed by atoms with van der Waals surface area (Å²) in [6, 6.07) is 0.355. The van der Waals surface area contributed by atoms with Crippen molar-refractivity contribution >= 4 is 12.0 Å². The number of nitrogens with zero attached hydrogens (tertiary/aromatic N) is 2. The van der Waals surface area contributed by atoms with Crippen LogP contribution in [0.5, 0.6) is 0 Å². The van der Waals surface area contributed by atoms with E-state index in [-0.39, 0.29) is 12.5 Å². The molecular weight excluding hydrogens is 268 g/mol. The number of likely N-dealkylation sites (tertiary alicyclic amines) is 1. The molecule has 2 fully saturated rings. The van der Waals surface area contributed by atoms with Gasteiger partial charge in [-0.15, -0.1) is 0 Å². The van der Waals surface area contributed by atoms with E-state index in [1.165, 1.54) is 0 Å². The molecule has 5 heteroatoms. The van der Waals surface area contributed by atoms with Crippen molar-refractivity contribution in [3.63, 3.8) is 0 Å². The van der Waals surface area contributed by atoms with Crippen molar-refractivity contribution in [3.05, 3.63) is 0 Å². The Morgan fingerprint density at radius 3 is 2.48 bits per heavy atom.